The zero-order chi connectivity index (χ0) is 10.9. The maximum Gasteiger partial charge on any atom is 0.315 e. The maximum absolute atomic E-state index is 5.57. The smallest absolute Gasteiger partial charge is 0.315 e. The molecule has 1 fully saturated rings. The van der Waals surface area contributed by atoms with Crippen LogP contribution in [-0.2, 0) is 5.88 Å². The maximum atomic E-state index is 5.57. The van der Waals surface area contributed by atoms with E-state index in [-0.39, 0.29) is 5.88 Å². The molecule has 0 saturated heterocycles. The molecule has 0 spiro atoms. The Kier molecular flexibility index (Phi) is 2.87. The van der Waals surface area contributed by atoms with Crippen molar-refractivity contribution in [3.8, 4) is 0 Å². The van der Waals surface area contributed by atoms with Crippen molar-refractivity contribution in [3.63, 3.8) is 0 Å². The monoisotopic (exact) mass is 229 g/mol. The van der Waals surface area contributed by atoms with Crippen LogP contribution in [0.5, 0.6) is 0 Å². The second-order valence-corrected chi connectivity index (χ2v) is 4.77. The molecule has 5 heteroatoms. The van der Waals surface area contributed by atoms with Crippen molar-refractivity contribution in [2.75, 3.05) is 11.9 Å². The first-order chi connectivity index (χ1) is 7.16. The van der Waals surface area contributed by atoms with Gasteiger partial charge in [-0.1, -0.05) is 18.9 Å². The van der Waals surface area contributed by atoms with Gasteiger partial charge in [-0.25, -0.2) is 0 Å². The molecule has 1 aromatic heterocycles. The molecular formula is C10H16ClN3O. The van der Waals surface area contributed by atoms with Gasteiger partial charge in [0, 0.05) is 6.54 Å². The quantitative estimate of drug-likeness (QED) is 0.789. The van der Waals surface area contributed by atoms with Gasteiger partial charge in [-0.3, -0.25) is 0 Å². The van der Waals surface area contributed by atoms with Crippen molar-refractivity contribution in [1.29, 1.82) is 0 Å². The molecule has 15 heavy (non-hydrogen) atoms. The molecule has 0 bridgehead atoms. The molecule has 1 heterocycles. The molecular weight excluding hydrogens is 214 g/mol. The molecule has 1 aliphatic carbocycles. The summed E-state index contributed by atoms with van der Waals surface area (Å²) in [6.07, 6.45) is 2.57. The first-order valence-electron chi connectivity index (χ1n) is 5.28. The van der Waals surface area contributed by atoms with Crippen LogP contribution in [0.3, 0.4) is 0 Å². The van der Waals surface area contributed by atoms with Gasteiger partial charge in [0.05, 0.1) is 0 Å². The van der Waals surface area contributed by atoms with E-state index in [1.165, 1.54) is 12.8 Å². The molecule has 1 saturated carbocycles. The lowest BCUT2D eigenvalue weighted by Crippen LogP contribution is -2.20. The van der Waals surface area contributed by atoms with Gasteiger partial charge < -0.3 is 9.73 Å². The van der Waals surface area contributed by atoms with E-state index >= 15 is 0 Å². The van der Waals surface area contributed by atoms with Crippen molar-refractivity contribution >= 4 is 17.6 Å². The molecule has 0 amide bonds. The van der Waals surface area contributed by atoms with E-state index in [1.54, 1.807) is 0 Å². The fourth-order valence-corrected chi connectivity index (χ4v) is 1.86. The zero-order valence-electron chi connectivity index (χ0n) is 9.09. The summed E-state index contributed by atoms with van der Waals surface area (Å²) < 4.78 is 5.27. The molecule has 1 N–H and O–H groups in total. The topological polar surface area (TPSA) is 51.0 Å². The van der Waals surface area contributed by atoms with Crippen molar-refractivity contribution in [3.05, 3.63) is 5.89 Å². The van der Waals surface area contributed by atoms with E-state index in [4.69, 9.17) is 16.0 Å². The van der Waals surface area contributed by atoms with E-state index in [2.05, 4.69) is 29.4 Å². The van der Waals surface area contributed by atoms with Crippen LogP contribution in [0.2, 0.25) is 0 Å². The molecule has 4 nitrogen and oxygen atoms in total. The Labute approximate surface area is 94.4 Å². The summed E-state index contributed by atoms with van der Waals surface area (Å²) in [6.45, 7) is 5.42. The van der Waals surface area contributed by atoms with Gasteiger partial charge in [-0.15, -0.1) is 16.7 Å². The number of nitrogens with one attached hydrogen (secondary N) is 1. The summed E-state index contributed by atoms with van der Waals surface area (Å²) in [4.78, 5) is 0. The Balaban J connectivity index is 1.88. The standard InChI is InChI=1S/C10H16ClN3O/c1-7(2)10(3-4-10)6-12-9-14-13-8(5-11)15-9/h7H,3-6H2,1-2H3,(H,12,14). The lowest BCUT2D eigenvalue weighted by molar-refractivity contribution is 0.375. The number of aromatic nitrogens is 2. The van der Waals surface area contributed by atoms with Crippen LogP contribution in [-0.4, -0.2) is 16.7 Å². The Morgan fingerprint density at radius 3 is 2.67 bits per heavy atom. The minimum atomic E-state index is 0.268. The van der Waals surface area contributed by atoms with Crippen LogP contribution in [0.1, 0.15) is 32.6 Å². The second kappa shape index (κ2) is 4.00. The number of hydrogen-bond donors (Lipinski definition) is 1. The van der Waals surface area contributed by atoms with Crippen molar-refractivity contribution in [2.24, 2.45) is 11.3 Å². The van der Waals surface area contributed by atoms with Gasteiger partial charge in [0.25, 0.3) is 0 Å². The third kappa shape index (κ3) is 2.25. The lowest BCUT2D eigenvalue weighted by atomic mass is 9.92. The summed E-state index contributed by atoms with van der Waals surface area (Å²) in [5.41, 5.74) is 0.440. The van der Waals surface area contributed by atoms with E-state index in [1.807, 2.05) is 0 Å². The van der Waals surface area contributed by atoms with Crippen LogP contribution < -0.4 is 5.32 Å². The number of hydrogen-bond acceptors (Lipinski definition) is 4. The number of rotatable bonds is 5. The van der Waals surface area contributed by atoms with Crippen molar-refractivity contribution in [2.45, 2.75) is 32.6 Å². The van der Waals surface area contributed by atoms with Crippen molar-refractivity contribution in [1.82, 2.24) is 10.2 Å². The molecule has 0 radical (unpaired) electrons. The normalized spacial score (nSPS) is 18.1. The molecule has 84 valence electrons. The number of alkyl halides is 1. The van der Waals surface area contributed by atoms with Gasteiger partial charge in [-0.05, 0) is 24.2 Å². The fourth-order valence-electron chi connectivity index (χ4n) is 1.75. The number of nitrogens with zero attached hydrogens (tertiary/aromatic N) is 2. The van der Waals surface area contributed by atoms with Gasteiger partial charge >= 0.3 is 6.01 Å². The first-order valence-corrected chi connectivity index (χ1v) is 5.82. The fraction of sp³-hybridized carbons (Fsp3) is 0.800. The van der Waals surface area contributed by atoms with E-state index in [0.717, 1.165) is 6.54 Å². The predicted octanol–water partition coefficient (Wildman–Crippen LogP) is 2.66. The zero-order valence-corrected chi connectivity index (χ0v) is 9.84. The van der Waals surface area contributed by atoms with E-state index in [0.29, 0.717) is 23.2 Å². The van der Waals surface area contributed by atoms with Crippen LogP contribution in [0, 0.1) is 11.3 Å². The van der Waals surface area contributed by atoms with Gasteiger partial charge in [0.2, 0.25) is 5.89 Å². The molecule has 1 aliphatic rings. The summed E-state index contributed by atoms with van der Waals surface area (Å²) in [5.74, 6) is 1.43. The Morgan fingerprint density at radius 1 is 1.47 bits per heavy atom. The Bertz CT molecular complexity index is 333. The van der Waals surface area contributed by atoms with Gasteiger partial charge in [0.1, 0.15) is 5.88 Å². The molecule has 0 aromatic carbocycles. The predicted molar refractivity (Wildman–Crippen MR) is 58.8 cm³/mol. The average molecular weight is 230 g/mol. The van der Waals surface area contributed by atoms with Crippen molar-refractivity contribution < 1.29 is 4.42 Å². The lowest BCUT2D eigenvalue weighted by Gasteiger charge is -2.18. The summed E-state index contributed by atoms with van der Waals surface area (Å²) in [5, 5.41) is 10.8. The minimum absolute atomic E-state index is 0.268. The number of halogens is 1. The summed E-state index contributed by atoms with van der Waals surface area (Å²) in [7, 11) is 0. The Hall–Kier alpha value is -0.770. The Morgan fingerprint density at radius 2 is 2.20 bits per heavy atom. The summed E-state index contributed by atoms with van der Waals surface area (Å²) >= 11 is 5.57. The molecule has 1 aromatic rings. The van der Waals surface area contributed by atoms with Gasteiger partial charge in [0.15, 0.2) is 0 Å². The molecule has 0 aliphatic heterocycles. The van der Waals surface area contributed by atoms with E-state index < -0.39 is 0 Å². The minimum Gasteiger partial charge on any atom is -0.407 e. The molecule has 0 unspecified atom stereocenters. The largest absolute Gasteiger partial charge is 0.407 e. The highest BCUT2D eigenvalue weighted by Crippen LogP contribution is 2.51. The van der Waals surface area contributed by atoms with Crippen LogP contribution in [0.25, 0.3) is 0 Å². The third-order valence-corrected chi connectivity index (χ3v) is 3.52. The third-order valence-electron chi connectivity index (χ3n) is 3.29. The second-order valence-electron chi connectivity index (χ2n) is 4.51. The van der Waals surface area contributed by atoms with Crippen LogP contribution in [0.15, 0.2) is 4.42 Å². The van der Waals surface area contributed by atoms with Gasteiger partial charge in [-0.2, -0.15) is 0 Å². The van der Waals surface area contributed by atoms with Crippen LogP contribution >= 0.6 is 11.6 Å². The first kappa shape index (κ1) is 10.7. The highest BCUT2D eigenvalue weighted by atomic mass is 35.5. The molecule has 2 rings (SSSR count). The average Bonchev–Trinajstić information content (AvgIpc) is 2.88. The summed E-state index contributed by atoms with van der Waals surface area (Å²) in [6, 6.07) is 0.484. The number of anilines is 1. The highest BCUT2D eigenvalue weighted by Gasteiger charge is 2.45. The van der Waals surface area contributed by atoms with Crippen LogP contribution in [0.4, 0.5) is 6.01 Å². The van der Waals surface area contributed by atoms with E-state index in [9.17, 15) is 0 Å². The highest BCUT2D eigenvalue weighted by molar-refractivity contribution is 6.16. The molecule has 0 atom stereocenters. The SMILES string of the molecule is CC(C)C1(CNc2nnc(CCl)o2)CC1.